The molecule has 1 saturated heterocycles. The van der Waals surface area contributed by atoms with E-state index < -0.39 is 0 Å². The van der Waals surface area contributed by atoms with E-state index in [1.54, 1.807) is 35.4 Å². The zero-order valence-electron chi connectivity index (χ0n) is 16.9. The summed E-state index contributed by atoms with van der Waals surface area (Å²) in [6.45, 7) is 6.43. The Morgan fingerprint density at radius 1 is 1.24 bits per heavy atom. The number of benzene rings is 1. The summed E-state index contributed by atoms with van der Waals surface area (Å²) >= 11 is 1.68. The van der Waals surface area contributed by atoms with Crippen molar-refractivity contribution in [2.45, 2.75) is 26.9 Å². The summed E-state index contributed by atoms with van der Waals surface area (Å²) in [6.07, 6.45) is 0. The lowest BCUT2D eigenvalue weighted by molar-refractivity contribution is -0.123. The van der Waals surface area contributed by atoms with Crippen LogP contribution in [0.5, 0.6) is 0 Å². The maximum Gasteiger partial charge on any atom is 0.254 e. The van der Waals surface area contributed by atoms with Crippen LogP contribution in [-0.2, 0) is 17.9 Å². The molecule has 1 aliphatic heterocycles. The van der Waals surface area contributed by atoms with E-state index in [4.69, 9.17) is 0 Å². The zero-order chi connectivity index (χ0) is 20.8. The first-order chi connectivity index (χ1) is 14.0. The van der Waals surface area contributed by atoms with E-state index in [-0.39, 0.29) is 18.4 Å². The van der Waals surface area contributed by atoms with E-state index in [2.05, 4.69) is 32.9 Å². The van der Waals surface area contributed by atoms with Gasteiger partial charge < -0.3 is 20.9 Å². The minimum atomic E-state index is -0.120. The van der Waals surface area contributed by atoms with Gasteiger partial charge in [0.25, 0.3) is 5.91 Å². The minimum Gasteiger partial charge on any atom is -0.353 e. The van der Waals surface area contributed by atoms with Crippen LogP contribution < -0.4 is 16.0 Å². The largest absolute Gasteiger partial charge is 0.353 e. The highest BCUT2D eigenvalue weighted by Crippen LogP contribution is 2.16. The van der Waals surface area contributed by atoms with Crippen molar-refractivity contribution in [3.05, 3.63) is 51.0 Å². The Hall–Kier alpha value is -2.94. The molecule has 3 rings (SSSR count). The maximum atomic E-state index is 12.5. The third-order valence-electron chi connectivity index (χ3n) is 4.69. The number of piperazine rings is 1. The molecule has 29 heavy (non-hydrogen) atoms. The molecule has 2 amide bonds. The van der Waals surface area contributed by atoms with E-state index in [0.29, 0.717) is 37.7 Å². The number of guanidine groups is 1. The predicted molar refractivity (Wildman–Crippen MR) is 114 cm³/mol. The molecule has 154 valence electrons. The van der Waals surface area contributed by atoms with E-state index in [9.17, 15) is 9.59 Å². The molecule has 1 fully saturated rings. The number of aliphatic imine (C=N–C) groups is 1. The van der Waals surface area contributed by atoms with Crippen LogP contribution in [-0.4, -0.2) is 54.3 Å². The summed E-state index contributed by atoms with van der Waals surface area (Å²) in [4.78, 5) is 35.5. The molecule has 0 aliphatic carbocycles. The first-order valence-electron chi connectivity index (χ1n) is 9.48. The van der Waals surface area contributed by atoms with E-state index >= 15 is 0 Å². The summed E-state index contributed by atoms with van der Waals surface area (Å²) in [7, 11) is 1.73. The molecule has 0 radical (unpaired) electrons. The van der Waals surface area contributed by atoms with Gasteiger partial charge in [-0.25, -0.2) is 4.98 Å². The number of carbonyl (C=O) groups excluding carboxylic acids is 2. The number of hydrogen-bond acceptors (Lipinski definition) is 5. The average Bonchev–Trinajstić information content (AvgIpc) is 3.05. The number of rotatable bonds is 5. The Kier molecular flexibility index (Phi) is 6.82. The van der Waals surface area contributed by atoms with E-state index in [1.165, 1.54) is 4.88 Å². The van der Waals surface area contributed by atoms with Gasteiger partial charge in [-0.1, -0.05) is 12.1 Å². The van der Waals surface area contributed by atoms with Gasteiger partial charge in [0.2, 0.25) is 5.91 Å². The van der Waals surface area contributed by atoms with Gasteiger partial charge in [0.15, 0.2) is 5.96 Å². The lowest BCUT2D eigenvalue weighted by atomic mass is 10.1. The summed E-state index contributed by atoms with van der Waals surface area (Å²) in [5.74, 6) is 0.452. The number of aromatic nitrogens is 1. The van der Waals surface area contributed by atoms with Crippen molar-refractivity contribution in [2.75, 3.05) is 26.7 Å². The standard InChI is InChI=1S/C20H26N6O2S/c1-13-14(2)29-18(25-13)11-24-20(21-3)23-10-15-4-6-16(7-5-15)19(28)26-9-8-22-17(27)12-26/h4-7H,8-12H2,1-3H3,(H,22,27)(H2,21,23,24). The summed E-state index contributed by atoms with van der Waals surface area (Å²) in [5.41, 5.74) is 2.68. The van der Waals surface area contributed by atoms with Crippen molar-refractivity contribution in [3.8, 4) is 0 Å². The number of hydrogen-bond donors (Lipinski definition) is 3. The molecule has 1 aromatic heterocycles. The number of thiazole rings is 1. The zero-order valence-corrected chi connectivity index (χ0v) is 17.7. The second kappa shape index (κ2) is 9.51. The van der Waals surface area contributed by atoms with Gasteiger partial charge in [-0.2, -0.15) is 0 Å². The van der Waals surface area contributed by atoms with Crippen molar-refractivity contribution >= 4 is 29.1 Å². The highest BCUT2D eigenvalue weighted by Gasteiger charge is 2.22. The fourth-order valence-electron chi connectivity index (χ4n) is 2.94. The summed E-state index contributed by atoms with van der Waals surface area (Å²) < 4.78 is 0. The molecule has 2 aromatic rings. The Morgan fingerprint density at radius 3 is 2.59 bits per heavy atom. The van der Waals surface area contributed by atoms with Gasteiger partial charge in [-0.05, 0) is 31.5 Å². The average molecular weight is 415 g/mol. The van der Waals surface area contributed by atoms with Crippen LogP contribution in [0.3, 0.4) is 0 Å². The second-order valence-electron chi connectivity index (χ2n) is 6.80. The fourth-order valence-corrected chi connectivity index (χ4v) is 3.81. The van der Waals surface area contributed by atoms with Crippen LogP contribution in [0, 0.1) is 13.8 Å². The normalized spacial score (nSPS) is 14.5. The molecule has 1 aliphatic rings. The first-order valence-corrected chi connectivity index (χ1v) is 10.3. The van der Waals surface area contributed by atoms with E-state index in [1.807, 2.05) is 19.1 Å². The highest BCUT2D eigenvalue weighted by atomic mass is 32.1. The molecule has 0 spiro atoms. The molecule has 3 N–H and O–H groups in total. The van der Waals surface area contributed by atoms with Crippen LogP contribution in [0.1, 0.15) is 31.5 Å². The first kappa shape index (κ1) is 20.8. The number of aryl methyl sites for hydroxylation is 2. The van der Waals surface area contributed by atoms with Gasteiger partial charge in [0.1, 0.15) is 5.01 Å². The van der Waals surface area contributed by atoms with Crippen LogP contribution in [0.2, 0.25) is 0 Å². The van der Waals surface area contributed by atoms with Gasteiger partial charge in [-0.15, -0.1) is 11.3 Å². The SMILES string of the molecule is CN=C(NCc1ccc(C(=O)N2CCNC(=O)C2)cc1)NCc1nc(C)c(C)s1. The smallest absolute Gasteiger partial charge is 0.254 e. The lowest BCUT2D eigenvalue weighted by Crippen LogP contribution is -2.49. The van der Waals surface area contributed by atoms with E-state index in [0.717, 1.165) is 16.3 Å². The molecule has 0 atom stereocenters. The maximum absolute atomic E-state index is 12.5. The van der Waals surface area contributed by atoms with Crippen molar-refractivity contribution in [1.29, 1.82) is 0 Å². The number of nitrogens with zero attached hydrogens (tertiary/aromatic N) is 3. The second-order valence-corrected chi connectivity index (χ2v) is 8.09. The quantitative estimate of drug-likeness (QED) is 0.504. The van der Waals surface area contributed by atoms with Crippen molar-refractivity contribution in [1.82, 2.24) is 25.8 Å². The minimum absolute atomic E-state index is 0.113. The molecule has 0 saturated carbocycles. The number of carbonyl (C=O) groups is 2. The topological polar surface area (TPSA) is 98.7 Å². The van der Waals surface area contributed by atoms with Crippen LogP contribution in [0.15, 0.2) is 29.3 Å². The Balaban J connectivity index is 1.50. The molecular weight excluding hydrogens is 388 g/mol. The predicted octanol–water partition coefficient (Wildman–Crippen LogP) is 1.20. The molecule has 2 heterocycles. The molecule has 0 bridgehead atoms. The molecule has 8 nitrogen and oxygen atoms in total. The van der Waals surface area contributed by atoms with Gasteiger partial charge in [0, 0.05) is 37.1 Å². The van der Waals surface area contributed by atoms with Gasteiger partial charge in [0.05, 0.1) is 18.8 Å². The Labute approximate surface area is 174 Å². The third-order valence-corrected chi connectivity index (χ3v) is 5.76. The van der Waals surface area contributed by atoms with Crippen molar-refractivity contribution in [2.24, 2.45) is 4.99 Å². The highest BCUT2D eigenvalue weighted by molar-refractivity contribution is 7.11. The van der Waals surface area contributed by atoms with Crippen LogP contribution >= 0.6 is 11.3 Å². The number of nitrogens with one attached hydrogen (secondary N) is 3. The summed E-state index contributed by atoms with van der Waals surface area (Å²) in [6, 6.07) is 7.41. The molecule has 9 heteroatoms. The van der Waals surface area contributed by atoms with Crippen LogP contribution in [0.25, 0.3) is 0 Å². The lowest BCUT2D eigenvalue weighted by Gasteiger charge is -2.26. The Morgan fingerprint density at radius 2 is 1.97 bits per heavy atom. The van der Waals surface area contributed by atoms with Gasteiger partial charge in [-0.3, -0.25) is 14.6 Å². The third kappa shape index (κ3) is 5.54. The van der Waals surface area contributed by atoms with Crippen LogP contribution in [0.4, 0.5) is 0 Å². The van der Waals surface area contributed by atoms with Gasteiger partial charge >= 0.3 is 0 Å². The molecular formula is C20H26N6O2S. The molecule has 1 aromatic carbocycles. The monoisotopic (exact) mass is 414 g/mol. The molecule has 0 unspecified atom stereocenters. The fraction of sp³-hybridized carbons (Fsp3) is 0.400. The number of amides is 2. The summed E-state index contributed by atoms with van der Waals surface area (Å²) in [5, 5.41) is 10.3. The Bertz CT molecular complexity index is 887. The van der Waals surface area contributed by atoms with Crippen molar-refractivity contribution < 1.29 is 9.59 Å². The van der Waals surface area contributed by atoms with Crippen molar-refractivity contribution in [3.63, 3.8) is 0 Å².